The van der Waals surface area contributed by atoms with Gasteiger partial charge >= 0.3 is 0 Å². The van der Waals surface area contributed by atoms with E-state index in [1.165, 1.54) is 23.5 Å². The fourth-order valence-corrected chi connectivity index (χ4v) is 3.05. The Balaban J connectivity index is 1.86. The second kappa shape index (κ2) is 6.98. The van der Waals surface area contributed by atoms with Crippen molar-refractivity contribution in [3.63, 3.8) is 0 Å². The van der Waals surface area contributed by atoms with Gasteiger partial charge in [0.05, 0.1) is 12.1 Å². The van der Waals surface area contributed by atoms with Gasteiger partial charge in [0.25, 0.3) is 11.5 Å². The molecule has 3 aromatic rings. The SMILES string of the molecule is Cc1ccc(C)c(Cn2cc(C(=O)Nc3nnc(C)s3)ccc2=O)c1. The van der Waals surface area contributed by atoms with Gasteiger partial charge in [-0.3, -0.25) is 14.9 Å². The highest BCUT2D eigenvalue weighted by Gasteiger charge is 2.11. The van der Waals surface area contributed by atoms with Crippen LogP contribution in [0.1, 0.15) is 32.1 Å². The molecule has 128 valence electrons. The Morgan fingerprint density at radius 1 is 1.16 bits per heavy atom. The molecule has 6 nitrogen and oxygen atoms in total. The summed E-state index contributed by atoms with van der Waals surface area (Å²) in [6, 6.07) is 9.05. The van der Waals surface area contributed by atoms with Crippen LogP contribution in [0.3, 0.4) is 0 Å². The van der Waals surface area contributed by atoms with E-state index in [-0.39, 0.29) is 11.5 Å². The van der Waals surface area contributed by atoms with Crippen LogP contribution < -0.4 is 10.9 Å². The third-order valence-corrected chi connectivity index (χ3v) is 4.59. The van der Waals surface area contributed by atoms with Crippen LogP contribution in [-0.4, -0.2) is 20.7 Å². The highest BCUT2D eigenvalue weighted by molar-refractivity contribution is 7.15. The highest BCUT2D eigenvalue weighted by atomic mass is 32.1. The average Bonchev–Trinajstić information content (AvgIpc) is 2.97. The van der Waals surface area contributed by atoms with Crippen molar-refractivity contribution in [2.75, 3.05) is 5.32 Å². The topological polar surface area (TPSA) is 76.9 Å². The summed E-state index contributed by atoms with van der Waals surface area (Å²) in [7, 11) is 0. The summed E-state index contributed by atoms with van der Waals surface area (Å²) in [6.45, 7) is 6.26. The summed E-state index contributed by atoms with van der Waals surface area (Å²) in [5.74, 6) is -0.314. The Labute approximate surface area is 149 Å². The van der Waals surface area contributed by atoms with Gasteiger partial charge in [0.15, 0.2) is 0 Å². The number of rotatable bonds is 4. The third kappa shape index (κ3) is 4.00. The predicted molar refractivity (Wildman–Crippen MR) is 98.3 cm³/mol. The smallest absolute Gasteiger partial charge is 0.258 e. The number of carbonyl (C=O) groups excluding carboxylic acids is 1. The number of nitrogens with zero attached hydrogens (tertiary/aromatic N) is 3. The molecule has 0 saturated heterocycles. The van der Waals surface area contributed by atoms with Crippen molar-refractivity contribution in [2.45, 2.75) is 27.3 Å². The molecule has 7 heteroatoms. The van der Waals surface area contributed by atoms with Crippen LogP contribution in [0.5, 0.6) is 0 Å². The maximum atomic E-state index is 12.4. The fourth-order valence-electron chi connectivity index (χ4n) is 2.46. The van der Waals surface area contributed by atoms with Crippen molar-refractivity contribution < 1.29 is 4.79 Å². The van der Waals surface area contributed by atoms with Gasteiger partial charge < -0.3 is 4.57 Å². The first-order valence-corrected chi connectivity index (χ1v) is 8.62. The van der Waals surface area contributed by atoms with E-state index in [2.05, 4.69) is 21.6 Å². The Morgan fingerprint density at radius 3 is 2.68 bits per heavy atom. The van der Waals surface area contributed by atoms with Gasteiger partial charge in [-0.15, -0.1) is 10.2 Å². The summed E-state index contributed by atoms with van der Waals surface area (Å²) < 4.78 is 1.54. The van der Waals surface area contributed by atoms with Crippen molar-refractivity contribution in [1.82, 2.24) is 14.8 Å². The van der Waals surface area contributed by atoms with Crippen LogP contribution >= 0.6 is 11.3 Å². The Morgan fingerprint density at radius 2 is 1.96 bits per heavy atom. The Hall–Kier alpha value is -2.80. The van der Waals surface area contributed by atoms with Crippen LogP contribution in [0, 0.1) is 20.8 Å². The van der Waals surface area contributed by atoms with Gasteiger partial charge in [0.1, 0.15) is 5.01 Å². The Kier molecular flexibility index (Phi) is 4.76. The van der Waals surface area contributed by atoms with Gasteiger partial charge in [0, 0.05) is 12.3 Å². The number of pyridine rings is 1. The molecule has 0 fully saturated rings. The third-order valence-electron chi connectivity index (χ3n) is 3.84. The quantitative estimate of drug-likeness (QED) is 0.781. The average molecular weight is 354 g/mol. The monoisotopic (exact) mass is 354 g/mol. The molecule has 0 spiro atoms. The summed E-state index contributed by atoms with van der Waals surface area (Å²) in [4.78, 5) is 24.5. The molecule has 1 N–H and O–H groups in total. The van der Waals surface area contributed by atoms with E-state index >= 15 is 0 Å². The van der Waals surface area contributed by atoms with E-state index < -0.39 is 0 Å². The first kappa shape index (κ1) is 17.0. The zero-order valence-corrected chi connectivity index (χ0v) is 15.1. The second-order valence-corrected chi connectivity index (χ2v) is 7.08. The van der Waals surface area contributed by atoms with Crippen molar-refractivity contribution >= 4 is 22.4 Å². The fraction of sp³-hybridized carbons (Fsp3) is 0.222. The van der Waals surface area contributed by atoms with Gasteiger partial charge in [-0.25, -0.2) is 0 Å². The molecule has 0 bridgehead atoms. The maximum absolute atomic E-state index is 12.4. The summed E-state index contributed by atoms with van der Waals surface area (Å²) in [5, 5.41) is 11.7. The Bertz CT molecular complexity index is 991. The van der Waals surface area contributed by atoms with Crippen LogP contribution in [0.15, 0.2) is 41.3 Å². The van der Waals surface area contributed by atoms with Crippen molar-refractivity contribution in [3.8, 4) is 0 Å². The summed E-state index contributed by atoms with van der Waals surface area (Å²) in [5.41, 5.74) is 3.55. The zero-order valence-electron chi connectivity index (χ0n) is 14.2. The molecular formula is C18H18N4O2S. The standard InChI is InChI=1S/C18H18N4O2S/c1-11-4-5-12(2)15(8-11)10-22-9-14(6-7-16(22)23)17(24)19-18-21-20-13(3)25-18/h4-9H,10H2,1-3H3,(H,19,21,24). The van der Waals surface area contributed by atoms with Crippen molar-refractivity contribution in [3.05, 3.63) is 74.1 Å². The molecule has 0 aliphatic carbocycles. The van der Waals surface area contributed by atoms with Crippen LogP contribution in [0.2, 0.25) is 0 Å². The number of benzene rings is 1. The number of amides is 1. The number of aromatic nitrogens is 3. The number of anilines is 1. The number of carbonyl (C=O) groups is 1. The van der Waals surface area contributed by atoms with E-state index in [0.717, 1.165) is 21.7 Å². The van der Waals surface area contributed by atoms with E-state index in [0.29, 0.717) is 17.2 Å². The van der Waals surface area contributed by atoms with Gasteiger partial charge in [-0.2, -0.15) is 0 Å². The van der Waals surface area contributed by atoms with Crippen LogP contribution in [-0.2, 0) is 6.54 Å². The molecule has 1 aromatic carbocycles. The molecule has 0 aliphatic heterocycles. The molecule has 0 saturated carbocycles. The molecule has 25 heavy (non-hydrogen) atoms. The molecule has 2 heterocycles. The first-order valence-electron chi connectivity index (χ1n) is 7.80. The molecule has 3 rings (SSSR count). The lowest BCUT2D eigenvalue weighted by atomic mass is 10.1. The van der Waals surface area contributed by atoms with Crippen LogP contribution in [0.4, 0.5) is 5.13 Å². The minimum atomic E-state index is -0.314. The lowest BCUT2D eigenvalue weighted by Crippen LogP contribution is -2.23. The predicted octanol–water partition coefficient (Wildman–Crippen LogP) is 2.93. The summed E-state index contributed by atoms with van der Waals surface area (Å²) in [6.07, 6.45) is 1.58. The van der Waals surface area contributed by atoms with Crippen LogP contribution in [0.25, 0.3) is 0 Å². The zero-order chi connectivity index (χ0) is 18.0. The largest absolute Gasteiger partial charge is 0.310 e. The molecular weight excluding hydrogens is 336 g/mol. The van der Waals surface area contributed by atoms with E-state index in [1.54, 1.807) is 10.8 Å². The lowest BCUT2D eigenvalue weighted by Gasteiger charge is -2.11. The van der Waals surface area contributed by atoms with Crippen molar-refractivity contribution in [1.29, 1.82) is 0 Å². The molecule has 1 amide bonds. The molecule has 0 unspecified atom stereocenters. The number of aryl methyl sites for hydroxylation is 3. The highest BCUT2D eigenvalue weighted by Crippen LogP contribution is 2.15. The second-order valence-electron chi connectivity index (χ2n) is 5.89. The minimum absolute atomic E-state index is 0.149. The summed E-state index contributed by atoms with van der Waals surface area (Å²) >= 11 is 1.30. The number of hydrogen-bond donors (Lipinski definition) is 1. The lowest BCUT2D eigenvalue weighted by molar-refractivity contribution is 0.102. The van der Waals surface area contributed by atoms with Crippen molar-refractivity contribution in [2.24, 2.45) is 0 Å². The number of hydrogen-bond acceptors (Lipinski definition) is 5. The molecule has 2 aromatic heterocycles. The van der Waals surface area contributed by atoms with Gasteiger partial charge in [-0.05, 0) is 38.0 Å². The number of nitrogens with one attached hydrogen (secondary N) is 1. The van der Waals surface area contributed by atoms with E-state index in [4.69, 9.17) is 0 Å². The molecule has 0 aliphatic rings. The van der Waals surface area contributed by atoms with E-state index in [1.807, 2.05) is 32.9 Å². The van der Waals surface area contributed by atoms with Gasteiger partial charge in [0.2, 0.25) is 5.13 Å². The first-order chi connectivity index (χ1) is 11.9. The minimum Gasteiger partial charge on any atom is -0.310 e. The normalized spacial score (nSPS) is 10.7. The van der Waals surface area contributed by atoms with Gasteiger partial charge in [-0.1, -0.05) is 35.1 Å². The molecule has 0 radical (unpaired) electrons. The van der Waals surface area contributed by atoms with E-state index in [9.17, 15) is 9.59 Å². The maximum Gasteiger partial charge on any atom is 0.258 e. The molecule has 0 atom stereocenters.